The van der Waals surface area contributed by atoms with Crippen molar-refractivity contribution in [2.24, 2.45) is 0 Å². The summed E-state index contributed by atoms with van der Waals surface area (Å²) in [5.41, 5.74) is 3.07. The Morgan fingerprint density at radius 3 is 2.40 bits per heavy atom. The van der Waals surface area contributed by atoms with E-state index in [1.807, 2.05) is 37.3 Å². The smallest absolute Gasteiger partial charge is 0.115 e. The van der Waals surface area contributed by atoms with Crippen LogP contribution >= 0.6 is 11.6 Å². The second-order valence-electron chi connectivity index (χ2n) is 3.48. The predicted molar refractivity (Wildman–Crippen MR) is 63.3 cm³/mol. The number of aryl methyl sites for hydroxylation is 1. The van der Waals surface area contributed by atoms with Crippen LogP contribution < -0.4 is 0 Å². The fourth-order valence-corrected chi connectivity index (χ4v) is 1.87. The molecule has 0 radical (unpaired) electrons. The average molecular weight is 219 g/mol. The number of hydrogen-bond donors (Lipinski definition) is 1. The first-order valence-electron chi connectivity index (χ1n) is 4.73. The minimum atomic E-state index is 0.281. The molecule has 0 fully saturated rings. The van der Waals surface area contributed by atoms with Crippen LogP contribution in [0.25, 0.3) is 11.1 Å². The first-order valence-corrected chi connectivity index (χ1v) is 5.11. The number of hydrogen-bond acceptors (Lipinski definition) is 1. The van der Waals surface area contributed by atoms with Crippen LogP contribution in [-0.4, -0.2) is 5.11 Å². The first kappa shape index (κ1) is 10.1. The van der Waals surface area contributed by atoms with Crippen LogP contribution in [0.4, 0.5) is 0 Å². The zero-order chi connectivity index (χ0) is 10.8. The number of benzene rings is 2. The van der Waals surface area contributed by atoms with Crippen LogP contribution in [0.5, 0.6) is 5.75 Å². The molecule has 76 valence electrons. The van der Waals surface area contributed by atoms with E-state index in [1.165, 1.54) is 0 Å². The first-order chi connectivity index (χ1) is 7.18. The fourth-order valence-electron chi connectivity index (χ4n) is 1.63. The standard InChI is InChI=1S/C13H11ClO/c1-9-8-10(15)6-7-11(9)12-4-2-3-5-13(12)14/h2-8,15H,1H3. The van der Waals surface area contributed by atoms with E-state index >= 15 is 0 Å². The van der Waals surface area contributed by atoms with Crippen molar-refractivity contribution in [2.75, 3.05) is 0 Å². The Labute approximate surface area is 94.0 Å². The van der Waals surface area contributed by atoms with Crippen molar-refractivity contribution in [3.8, 4) is 16.9 Å². The highest BCUT2D eigenvalue weighted by atomic mass is 35.5. The second kappa shape index (κ2) is 3.95. The molecule has 2 heteroatoms. The number of phenols is 1. The van der Waals surface area contributed by atoms with Gasteiger partial charge in [-0.2, -0.15) is 0 Å². The molecule has 0 aliphatic rings. The Morgan fingerprint density at radius 1 is 1.00 bits per heavy atom. The van der Waals surface area contributed by atoms with E-state index in [-0.39, 0.29) is 5.75 Å². The molecule has 0 saturated heterocycles. The topological polar surface area (TPSA) is 20.2 Å². The lowest BCUT2D eigenvalue weighted by atomic mass is 10.0. The summed E-state index contributed by atoms with van der Waals surface area (Å²) in [5.74, 6) is 0.281. The lowest BCUT2D eigenvalue weighted by Crippen LogP contribution is -1.83. The Morgan fingerprint density at radius 2 is 1.73 bits per heavy atom. The molecule has 0 unspecified atom stereocenters. The maximum absolute atomic E-state index is 9.32. The fraction of sp³-hybridized carbons (Fsp3) is 0.0769. The van der Waals surface area contributed by atoms with Gasteiger partial charge in [-0.3, -0.25) is 0 Å². The summed E-state index contributed by atoms with van der Waals surface area (Å²) in [6.45, 7) is 1.96. The second-order valence-corrected chi connectivity index (χ2v) is 3.89. The SMILES string of the molecule is Cc1cc(O)ccc1-c1ccccc1Cl. The molecule has 0 saturated carbocycles. The van der Waals surface area contributed by atoms with Gasteiger partial charge in [-0.05, 0) is 36.2 Å². The molecule has 2 aromatic rings. The largest absolute Gasteiger partial charge is 0.508 e. The van der Waals surface area contributed by atoms with Gasteiger partial charge in [0, 0.05) is 10.6 Å². The van der Waals surface area contributed by atoms with E-state index in [9.17, 15) is 5.11 Å². The predicted octanol–water partition coefficient (Wildman–Crippen LogP) is 4.02. The van der Waals surface area contributed by atoms with Crippen molar-refractivity contribution in [2.45, 2.75) is 6.92 Å². The number of phenolic OH excluding ortho intramolecular Hbond substituents is 1. The molecule has 0 bridgehead atoms. The van der Waals surface area contributed by atoms with Crippen molar-refractivity contribution in [3.63, 3.8) is 0 Å². The quantitative estimate of drug-likeness (QED) is 0.767. The molecule has 0 amide bonds. The molecule has 0 aliphatic carbocycles. The number of aromatic hydroxyl groups is 1. The third kappa shape index (κ3) is 1.97. The highest BCUT2D eigenvalue weighted by molar-refractivity contribution is 6.33. The van der Waals surface area contributed by atoms with E-state index in [2.05, 4.69) is 0 Å². The van der Waals surface area contributed by atoms with E-state index in [0.717, 1.165) is 21.7 Å². The summed E-state index contributed by atoms with van der Waals surface area (Å²) in [4.78, 5) is 0. The van der Waals surface area contributed by atoms with E-state index in [1.54, 1.807) is 12.1 Å². The third-order valence-corrected chi connectivity index (χ3v) is 2.70. The Bertz CT molecular complexity index is 492. The van der Waals surface area contributed by atoms with Crippen LogP contribution in [0.3, 0.4) is 0 Å². The molecular formula is C13H11ClO. The summed E-state index contributed by atoms with van der Waals surface area (Å²) < 4.78 is 0. The van der Waals surface area contributed by atoms with Crippen LogP contribution in [0, 0.1) is 6.92 Å². The molecule has 0 heterocycles. The van der Waals surface area contributed by atoms with Gasteiger partial charge in [0.15, 0.2) is 0 Å². The molecule has 0 aliphatic heterocycles. The van der Waals surface area contributed by atoms with Gasteiger partial charge in [0.2, 0.25) is 0 Å². The highest BCUT2D eigenvalue weighted by Gasteiger charge is 2.05. The van der Waals surface area contributed by atoms with Crippen LogP contribution in [0.15, 0.2) is 42.5 Å². The zero-order valence-electron chi connectivity index (χ0n) is 8.37. The molecule has 0 aromatic heterocycles. The lowest BCUT2D eigenvalue weighted by Gasteiger charge is -2.08. The summed E-state index contributed by atoms with van der Waals surface area (Å²) in [6, 6.07) is 13.0. The Hall–Kier alpha value is -1.47. The van der Waals surface area contributed by atoms with Gasteiger partial charge in [0.25, 0.3) is 0 Å². The van der Waals surface area contributed by atoms with Gasteiger partial charge in [-0.25, -0.2) is 0 Å². The summed E-state index contributed by atoms with van der Waals surface area (Å²) >= 11 is 6.11. The van der Waals surface area contributed by atoms with Gasteiger partial charge < -0.3 is 5.11 Å². The molecule has 1 nitrogen and oxygen atoms in total. The van der Waals surface area contributed by atoms with Gasteiger partial charge in [-0.15, -0.1) is 0 Å². The molecule has 2 aromatic carbocycles. The summed E-state index contributed by atoms with van der Waals surface area (Å²) in [6.07, 6.45) is 0. The lowest BCUT2D eigenvalue weighted by molar-refractivity contribution is 0.475. The number of halogens is 1. The van der Waals surface area contributed by atoms with E-state index in [0.29, 0.717) is 0 Å². The van der Waals surface area contributed by atoms with E-state index in [4.69, 9.17) is 11.6 Å². The van der Waals surface area contributed by atoms with Crippen LogP contribution in [-0.2, 0) is 0 Å². The molecule has 1 N–H and O–H groups in total. The van der Waals surface area contributed by atoms with Gasteiger partial charge in [0.05, 0.1) is 0 Å². The maximum atomic E-state index is 9.32. The molecule has 15 heavy (non-hydrogen) atoms. The van der Waals surface area contributed by atoms with Gasteiger partial charge in [-0.1, -0.05) is 35.9 Å². The van der Waals surface area contributed by atoms with Crippen molar-refractivity contribution in [3.05, 3.63) is 53.1 Å². The summed E-state index contributed by atoms with van der Waals surface area (Å²) in [5, 5.41) is 10.0. The number of rotatable bonds is 1. The van der Waals surface area contributed by atoms with E-state index < -0.39 is 0 Å². The minimum absolute atomic E-state index is 0.281. The van der Waals surface area contributed by atoms with Gasteiger partial charge in [0.1, 0.15) is 5.75 Å². The molecule has 2 rings (SSSR count). The molecule has 0 spiro atoms. The van der Waals surface area contributed by atoms with Crippen molar-refractivity contribution in [1.82, 2.24) is 0 Å². The van der Waals surface area contributed by atoms with Crippen molar-refractivity contribution < 1.29 is 5.11 Å². The molecule has 0 atom stereocenters. The van der Waals surface area contributed by atoms with Crippen LogP contribution in [0.1, 0.15) is 5.56 Å². The highest BCUT2D eigenvalue weighted by Crippen LogP contribution is 2.31. The molecular weight excluding hydrogens is 208 g/mol. The average Bonchev–Trinajstić information content (AvgIpc) is 2.20. The Kier molecular flexibility index (Phi) is 2.65. The Balaban J connectivity index is 2.60. The normalized spacial score (nSPS) is 10.3. The minimum Gasteiger partial charge on any atom is -0.508 e. The summed E-state index contributed by atoms with van der Waals surface area (Å²) in [7, 11) is 0. The zero-order valence-corrected chi connectivity index (χ0v) is 9.12. The maximum Gasteiger partial charge on any atom is 0.115 e. The monoisotopic (exact) mass is 218 g/mol. The van der Waals surface area contributed by atoms with Crippen molar-refractivity contribution >= 4 is 11.6 Å². The van der Waals surface area contributed by atoms with Crippen LogP contribution in [0.2, 0.25) is 5.02 Å². The van der Waals surface area contributed by atoms with Gasteiger partial charge >= 0.3 is 0 Å². The third-order valence-electron chi connectivity index (χ3n) is 2.37. The van der Waals surface area contributed by atoms with Crippen molar-refractivity contribution in [1.29, 1.82) is 0 Å².